The quantitative estimate of drug-likeness (QED) is 0.532. The zero-order chi connectivity index (χ0) is 21.9. The Bertz CT molecular complexity index is 880. The lowest BCUT2D eigenvalue weighted by atomic mass is 10.1. The van der Waals surface area contributed by atoms with Gasteiger partial charge in [0.25, 0.3) is 0 Å². The maximum atomic E-state index is 12.3. The smallest absolute Gasteiger partial charge is 0.412 e. The van der Waals surface area contributed by atoms with Crippen LogP contribution in [0.4, 0.5) is 4.79 Å². The summed E-state index contributed by atoms with van der Waals surface area (Å²) >= 11 is 0. The Kier molecular flexibility index (Phi) is 8.88. The maximum absolute atomic E-state index is 12.3. The normalized spacial score (nSPS) is 19.4. The number of rotatable bonds is 8. The van der Waals surface area contributed by atoms with Gasteiger partial charge in [-0.2, -0.15) is 0 Å². The lowest BCUT2D eigenvalue weighted by Gasteiger charge is -2.14. The van der Waals surface area contributed by atoms with Gasteiger partial charge >= 0.3 is 6.09 Å². The van der Waals surface area contributed by atoms with Crippen molar-refractivity contribution < 1.29 is 19.0 Å². The van der Waals surface area contributed by atoms with Crippen molar-refractivity contribution in [2.45, 2.75) is 33.0 Å². The fourth-order valence-electron chi connectivity index (χ4n) is 3.18. The van der Waals surface area contributed by atoms with Crippen LogP contribution in [0.25, 0.3) is 0 Å². The van der Waals surface area contributed by atoms with Gasteiger partial charge < -0.3 is 14.2 Å². The van der Waals surface area contributed by atoms with E-state index < -0.39 is 0 Å². The van der Waals surface area contributed by atoms with Crippen LogP contribution in [0.5, 0.6) is 0 Å². The number of carbonyl (C=O) groups is 1. The molecule has 5 heteroatoms. The predicted octanol–water partition coefficient (Wildman–Crippen LogP) is 5.33. The number of nitrogens with zero attached hydrogens (tertiary/aromatic N) is 1. The molecule has 0 bridgehead atoms. The van der Waals surface area contributed by atoms with E-state index in [9.17, 15) is 4.79 Å². The molecule has 1 amide bonds. The molecule has 1 atom stereocenters. The van der Waals surface area contributed by atoms with Crippen molar-refractivity contribution in [1.29, 1.82) is 0 Å². The molecule has 0 radical (unpaired) electrons. The molecule has 0 aromatic heterocycles. The van der Waals surface area contributed by atoms with Crippen molar-refractivity contribution in [2.75, 3.05) is 26.5 Å². The first-order valence-electron chi connectivity index (χ1n) is 10.6. The van der Waals surface area contributed by atoms with Crippen LogP contribution in [0, 0.1) is 0 Å². The third-order valence-electron chi connectivity index (χ3n) is 5.07. The molecule has 1 aliphatic carbocycles. The molecule has 1 aromatic rings. The van der Waals surface area contributed by atoms with E-state index in [4.69, 9.17) is 14.2 Å². The first-order chi connectivity index (χ1) is 15.1. The SMILES string of the molecule is C/C(=C\C=C(/C)C1CN(C(=O)OCc2ccccc2)CO1)COCC1=CC=CCC=C1. The standard InChI is InChI=1S/C26H31NO4/c1-21(17-29-18-23-10-6-3-4-7-11-23)14-15-22(2)25-16-27(20-31-25)26(28)30-19-24-12-8-5-9-13-24/h3,5-15,25H,4,16-20H2,1-2H3/b21-14+,22-15+. The van der Waals surface area contributed by atoms with Crippen LogP contribution >= 0.6 is 0 Å². The van der Waals surface area contributed by atoms with Crippen LogP contribution in [0.3, 0.4) is 0 Å². The van der Waals surface area contributed by atoms with Crippen LogP contribution < -0.4 is 0 Å². The Morgan fingerprint density at radius 2 is 2.00 bits per heavy atom. The molecule has 1 unspecified atom stereocenters. The molecule has 5 nitrogen and oxygen atoms in total. The number of hydrogen-bond acceptors (Lipinski definition) is 4. The Hall–Kier alpha value is -2.89. The summed E-state index contributed by atoms with van der Waals surface area (Å²) in [4.78, 5) is 13.9. The van der Waals surface area contributed by atoms with Crippen molar-refractivity contribution in [3.63, 3.8) is 0 Å². The molecule has 1 aliphatic heterocycles. The molecule has 0 N–H and O–H groups in total. The average molecular weight is 422 g/mol. The predicted molar refractivity (Wildman–Crippen MR) is 122 cm³/mol. The summed E-state index contributed by atoms with van der Waals surface area (Å²) in [5.74, 6) is 0. The number of benzene rings is 1. The number of hydrogen-bond donors (Lipinski definition) is 0. The van der Waals surface area contributed by atoms with Crippen molar-refractivity contribution in [3.8, 4) is 0 Å². The van der Waals surface area contributed by atoms with E-state index in [2.05, 4.69) is 30.4 Å². The molecule has 1 aromatic carbocycles. The summed E-state index contributed by atoms with van der Waals surface area (Å²) in [6.07, 6.45) is 15.1. The van der Waals surface area contributed by atoms with Crippen molar-refractivity contribution in [3.05, 3.63) is 95.1 Å². The number of carbonyl (C=O) groups excluding carboxylic acids is 1. The molecule has 2 aliphatic rings. The van der Waals surface area contributed by atoms with Gasteiger partial charge in [0.2, 0.25) is 0 Å². The molecule has 3 rings (SSSR count). The fourth-order valence-corrected chi connectivity index (χ4v) is 3.18. The largest absolute Gasteiger partial charge is 0.444 e. The Balaban J connectivity index is 1.40. The van der Waals surface area contributed by atoms with Crippen LogP contribution in [0.2, 0.25) is 0 Å². The van der Waals surface area contributed by atoms with Crippen LogP contribution in [0.15, 0.2) is 89.6 Å². The molecular weight excluding hydrogens is 390 g/mol. The molecule has 0 saturated carbocycles. The lowest BCUT2D eigenvalue weighted by Crippen LogP contribution is -2.30. The first-order valence-corrected chi connectivity index (χ1v) is 10.6. The molecule has 164 valence electrons. The lowest BCUT2D eigenvalue weighted by molar-refractivity contribution is 0.0744. The van der Waals surface area contributed by atoms with Gasteiger partial charge in [0, 0.05) is 0 Å². The van der Waals surface area contributed by atoms with E-state index in [1.165, 1.54) is 5.57 Å². The number of allylic oxidation sites excluding steroid dienone is 6. The third kappa shape index (κ3) is 7.70. The minimum atomic E-state index is -0.351. The zero-order valence-corrected chi connectivity index (χ0v) is 18.3. The summed E-state index contributed by atoms with van der Waals surface area (Å²) < 4.78 is 17.0. The highest BCUT2D eigenvalue weighted by atomic mass is 16.6. The summed E-state index contributed by atoms with van der Waals surface area (Å²) in [6.45, 7) is 6.23. The van der Waals surface area contributed by atoms with E-state index in [-0.39, 0.29) is 25.5 Å². The van der Waals surface area contributed by atoms with Crippen molar-refractivity contribution in [2.24, 2.45) is 0 Å². The molecular formula is C26H31NO4. The summed E-state index contributed by atoms with van der Waals surface area (Å²) in [7, 11) is 0. The Labute approximate surface area is 185 Å². The van der Waals surface area contributed by atoms with Gasteiger partial charge in [-0.1, -0.05) is 72.9 Å². The summed E-state index contributed by atoms with van der Waals surface area (Å²) in [6, 6.07) is 9.66. The molecule has 0 spiro atoms. The highest BCUT2D eigenvalue weighted by Gasteiger charge is 2.28. The fraction of sp³-hybridized carbons (Fsp3) is 0.346. The van der Waals surface area contributed by atoms with E-state index >= 15 is 0 Å². The maximum Gasteiger partial charge on any atom is 0.412 e. The van der Waals surface area contributed by atoms with E-state index in [0.29, 0.717) is 19.8 Å². The second-order valence-corrected chi connectivity index (χ2v) is 7.77. The molecule has 31 heavy (non-hydrogen) atoms. The Morgan fingerprint density at radius 3 is 2.84 bits per heavy atom. The van der Waals surface area contributed by atoms with Gasteiger partial charge in [0.05, 0.1) is 25.9 Å². The van der Waals surface area contributed by atoms with Crippen LogP contribution in [-0.4, -0.2) is 43.6 Å². The van der Waals surface area contributed by atoms with Gasteiger partial charge in [-0.15, -0.1) is 0 Å². The second kappa shape index (κ2) is 12.1. The van der Waals surface area contributed by atoms with E-state index in [1.54, 1.807) is 4.90 Å². The summed E-state index contributed by atoms with van der Waals surface area (Å²) in [5, 5.41) is 0. The summed E-state index contributed by atoms with van der Waals surface area (Å²) in [5.41, 5.74) is 4.34. The van der Waals surface area contributed by atoms with Crippen molar-refractivity contribution >= 4 is 6.09 Å². The van der Waals surface area contributed by atoms with Gasteiger partial charge in [-0.25, -0.2) is 4.79 Å². The van der Waals surface area contributed by atoms with Gasteiger partial charge in [-0.05, 0) is 42.6 Å². The number of amides is 1. The minimum absolute atomic E-state index is 0.123. The van der Waals surface area contributed by atoms with Gasteiger partial charge in [0.15, 0.2) is 0 Å². The van der Waals surface area contributed by atoms with Gasteiger partial charge in [0.1, 0.15) is 13.3 Å². The number of ether oxygens (including phenoxy) is 3. The monoisotopic (exact) mass is 421 g/mol. The van der Waals surface area contributed by atoms with Crippen LogP contribution in [0.1, 0.15) is 25.8 Å². The van der Waals surface area contributed by atoms with E-state index in [1.807, 2.05) is 56.3 Å². The molecule has 1 heterocycles. The molecule has 1 fully saturated rings. The van der Waals surface area contributed by atoms with E-state index in [0.717, 1.165) is 23.1 Å². The Morgan fingerprint density at radius 1 is 1.16 bits per heavy atom. The molecule has 1 saturated heterocycles. The third-order valence-corrected chi connectivity index (χ3v) is 5.07. The highest BCUT2D eigenvalue weighted by Crippen LogP contribution is 2.18. The van der Waals surface area contributed by atoms with Crippen LogP contribution in [-0.2, 0) is 20.8 Å². The second-order valence-electron chi connectivity index (χ2n) is 7.77. The average Bonchev–Trinajstić information content (AvgIpc) is 3.15. The first kappa shape index (κ1) is 22.8. The minimum Gasteiger partial charge on any atom is -0.444 e. The zero-order valence-electron chi connectivity index (χ0n) is 18.3. The highest BCUT2D eigenvalue weighted by molar-refractivity contribution is 5.67. The van der Waals surface area contributed by atoms with Crippen molar-refractivity contribution in [1.82, 2.24) is 4.90 Å². The topological polar surface area (TPSA) is 48.0 Å². The van der Waals surface area contributed by atoms with Gasteiger partial charge in [-0.3, -0.25) is 4.90 Å².